The molecule has 0 amide bonds. The van der Waals surface area contributed by atoms with Crippen LogP contribution in [0.2, 0.25) is 0 Å². The van der Waals surface area contributed by atoms with Gasteiger partial charge in [-0.2, -0.15) is 0 Å². The molecule has 0 aliphatic heterocycles. The Balaban J connectivity index is 3.01. The van der Waals surface area contributed by atoms with E-state index in [1.165, 1.54) is 11.0 Å². The molecule has 3 heteroatoms. The van der Waals surface area contributed by atoms with Crippen molar-refractivity contribution in [2.24, 2.45) is 0 Å². The van der Waals surface area contributed by atoms with Crippen molar-refractivity contribution in [1.82, 2.24) is 0 Å². The van der Waals surface area contributed by atoms with Crippen LogP contribution in [-0.4, -0.2) is 27.4 Å². The zero-order valence-corrected chi connectivity index (χ0v) is 10.3. The third-order valence-electron chi connectivity index (χ3n) is 1.99. The maximum atomic E-state index is 5.46. The zero-order valence-electron chi connectivity index (χ0n) is 8.61. The van der Waals surface area contributed by atoms with Gasteiger partial charge < -0.3 is 4.90 Å². The lowest BCUT2D eigenvalue weighted by Gasteiger charge is -2.15. The third-order valence-corrected chi connectivity index (χ3v) is 4.16. The Hall–Kier alpha value is -0.330. The van der Waals surface area contributed by atoms with Crippen molar-refractivity contribution in [3.63, 3.8) is 0 Å². The summed E-state index contributed by atoms with van der Waals surface area (Å²) < 4.78 is 0. The van der Waals surface area contributed by atoms with Crippen molar-refractivity contribution in [2.45, 2.75) is 0 Å². The highest BCUT2D eigenvalue weighted by Gasteiger charge is 2.05. The number of nitrogens with zero attached hydrogens (tertiary/aromatic N) is 1. The predicted octanol–water partition coefficient (Wildman–Crippen LogP) is 2.12. The molecule has 0 heterocycles. The molecule has 13 heavy (non-hydrogen) atoms. The van der Waals surface area contributed by atoms with E-state index in [0.29, 0.717) is 0 Å². The first-order chi connectivity index (χ1) is 5.91. The van der Waals surface area contributed by atoms with E-state index in [1.807, 2.05) is 14.1 Å². The van der Waals surface area contributed by atoms with Gasteiger partial charge in [0.2, 0.25) is 0 Å². The Morgan fingerprint density at radius 2 is 1.54 bits per heavy atom. The quantitative estimate of drug-likeness (QED) is 0.692. The van der Waals surface area contributed by atoms with Gasteiger partial charge in [0.25, 0.3) is 0 Å². The monoisotopic (exact) mass is 213 g/mol. The lowest BCUT2D eigenvalue weighted by atomic mass is 10.3. The van der Waals surface area contributed by atoms with Crippen molar-refractivity contribution >= 4 is 28.8 Å². The fourth-order valence-corrected chi connectivity index (χ4v) is 2.34. The molecule has 0 aliphatic rings. The molecule has 0 saturated carbocycles. The molecule has 1 aromatic rings. The van der Waals surface area contributed by atoms with E-state index in [1.54, 1.807) is 0 Å². The van der Waals surface area contributed by atoms with Crippen molar-refractivity contribution in [3.8, 4) is 0 Å². The maximum absolute atomic E-state index is 5.46. The minimum atomic E-state index is -1.25. The summed E-state index contributed by atoms with van der Waals surface area (Å²) in [5, 5.41) is 1.31. The van der Waals surface area contributed by atoms with Crippen LogP contribution in [0.4, 0.5) is 5.69 Å². The Morgan fingerprint density at radius 1 is 1.08 bits per heavy atom. The van der Waals surface area contributed by atoms with Crippen molar-refractivity contribution < 1.29 is 0 Å². The molecular weight excluding hydrogens is 197 g/mol. The maximum Gasteiger partial charge on any atom is 0.0361 e. The summed E-state index contributed by atoms with van der Waals surface area (Å²) in [6.45, 7) is 4.32. The first kappa shape index (κ1) is 10.7. The SMILES string of the molecule is CN(C)c1ccc(P(C)(C)=S)cc1. The van der Waals surface area contributed by atoms with E-state index in [4.69, 9.17) is 11.8 Å². The molecule has 0 aromatic heterocycles. The summed E-state index contributed by atoms with van der Waals surface area (Å²) >= 11 is 5.46. The van der Waals surface area contributed by atoms with Crippen molar-refractivity contribution in [2.75, 3.05) is 32.3 Å². The van der Waals surface area contributed by atoms with E-state index >= 15 is 0 Å². The number of benzene rings is 1. The lowest BCUT2D eigenvalue weighted by molar-refractivity contribution is 1.13. The summed E-state index contributed by atoms with van der Waals surface area (Å²) in [4.78, 5) is 2.10. The first-order valence-electron chi connectivity index (χ1n) is 4.24. The van der Waals surface area contributed by atoms with Gasteiger partial charge in [-0.25, -0.2) is 0 Å². The average molecular weight is 213 g/mol. The van der Waals surface area contributed by atoms with Gasteiger partial charge in [-0.15, -0.1) is 0 Å². The largest absolute Gasteiger partial charge is 0.378 e. The van der Waals surface area contributed by atoms with Gasteiger partial charge in [0, 0.05) is 19.8 Å². The molecule has 1 nitrogen and oxygen atoms in total. The number of anilines is 1. The van der Waals surface area contributed by atoms with Gasteiger partial charge in [-0.3, -0.25) is 0 Å². The van der Waals surface area contributed by atoms with Gasteiger partial charge in [0.05, 0.1) is 0 Å². The van der Waals surface area contributed by atoms with E-state index in [0.717, 1.165) is 0 Å². The molecule has 0 radical (unpaired) electrons. The Kier molecular flexibility index (Phi) is 3.15. The van der Waals surface area contributed by atoms with E-state index < -0.39 is 6.04 Å². The molecule has 0 bridgehead atoms. The van der Waals surface area contributed by atoms with Crippen LogP contribution in [0.5, 0.6) is 0 Å². The Bertz CT molecular complexity index is 323. The number of rotatable bonds is 2. The van der Waals surface area contributed by atoms with Crippen molar-refractivity contribution in [1.29, 1.82) is 0 Å². The highest BCUT2D eigenvalue weighted by Crippen LogP contribution is 2.35. The average Bonchev–Trinajstić information content (AvgIpc) is 2.03. The second-order valence-corrected chi connectivity index (χ2v) is 9.72. The highest BCUT2D eigenvalue weighted by atomic mass is 32.4. The van der Waals surface area contributed by atoms with Crippen LogP contribution in [0.1, 0.15) is 0 Å². The minimum absolute atomic E-state index is 1.23. The molecule has 1 rings (SSSR count). The van der Waals surface area contributed by atoms with E-state index in [2.05, 4.69) is 42.5 Å². The molecule has 0 saturated heterocycles. The minimum Gasteiger partial charge on any atom is -0.378 e. The smallest absolute Gasteiger partial charge is 0.0361 e. The summed E-state index contributed by atoms with van der Waals surface area (Å²) in [6.07, 6.45) is 0. The van der Waals surface area contributed by atoms with Gasteiger partial charge in [0.1, 0.15) is 0 Å². The lowest BCUT2D eigenvalue weighted by Crippen LogP contribution is -2.10. The summed E-state index contributed by atoms with van der Waals surface area (Å²) in [6, 6.07) is 7.30. The standard InChI is InChI=1S/C10H16NPS/c1-11(2)9-5-7-10(8-6-9)12(3,4)13/h5-8H,1-4H3. The van der Waals surface area contributed by atoms with Crippen LogP contribution >= 0.6 is 6.04 Å². The van der Waals surface area contributed by atoms with Crippen LogP contribution in [0.25, 0.3) is 0 Å². The predicted molar refractivity (Wildman–Crippen MR) is 66.5 cm³/mol. The number of hydrogen-bond acceptors (Lipinski definition) is 2. The van der Waals surface area contributed by atoms with E-state index in [9.17, 15) is 0 Å². The molecule has 0 N–H and O–H groups in total. The van der Waals surface area contributed by atoms with Crippen molar-refractivity contribution in [3.05, 3.63) is 24.3 Å². The van der Waals surface area contributed by atoms with Crippen LogP contribution in [0.15, 0.2) is 24.3 Å². The topological polar surface area (TPSA) is 3.24 Å². The van der Waals surface area contributed by atoms with Gasteiger partial charge in [-0.1, -0.05) is 23.9 Å². The molecular formula is C10H16NPS. The normalized spacial score (nSPS) is 11.4. The van der Waals surface area contributed by atoms with Gasteiger partial charge in [-0.05, 0) is 36.8 Å². The van der Waals surface area contributed by atoms with Crippen LogP contribution in [0.3, 0.4) is 0 Å². The highest BCUT2D eigenvalue weighted by molar-refractivity contribution is 8.17. The second-order valence-electron chi connectivity index (χ2n) is 3.76. The molecule has 72 valence electrons. The van der Waals surface area contributed by atoms with Gasteiger partial charge >= 0.3 is 0 Å². The summed E-state index contributed by atoms with van der Waals surface area (Å²) in [7, 11) is 4.09. The third kappa shape index (κ3) is 2.82. The van der Waals surface area contributed by atoms with E-state index in [-0.39, 0.29) is 0 Å². The summed E-state index contributed by atoms with van der Waals surface area (Å²) in [5.41, 5.74) is 1.23. The van der Waals surface area contributed by atoms with Crippen LogP contribution in [0, 0.1) is 0 Å². The molecule has 0 aliphatic carbocycles. The summed E-state index contributed by atoms with van der Waals surface area (Å²) in [5.74, 6) is 0. The molecule has 1 aromatic carbocycles. The second kappa shape index (κ2) is 3.81. The van der Waals surface area contributed by atoms with Crippen LogP contribution < -0.4 is 10.2 Å². The Labute approximate surface area is 85.8 Å². The molecule has 0 unspecified atom stereocenters. The van der Waals surface area contributed by atoms with Crippen LogP contribution in [-0.2, 0) is 11.8 Å². The fraction of sp³-hybridized carbons (Fsp3) is 0.400. The fourth-order valence-electron chi connectivity index (χ4n) is 1.11. The first-order valence-corrected chi connectivity index (χ1v) is 7.94. The zero-order chi connectivity index (χ0) is 10.1. The Morgan fingerprint density at radius 3 is 1.85 bits per heavy atom. The molecule has 0 fully saturated rings. The molecule has 0 atom stereocenters. The number of hydrogen-bond donors (Lipinski definition) is 0. The van der Waals surface area contributed by atoms with Gasteiger partial charge in [0.15, 0.2) is 0 Å². The molecule has 0 spiro atoms.